The Balaban J connectivity index is 1.89. The predicted octanol–water partition coefficient (Wildman–Crippen LogP) is 1.72. The molecule has 2 aliphatic rings. The summed E-state index contributed by atoms with van der Waals surface area (Å²) in [6.07, 6.45) is -0.0160. The molecule has 0 N–H and O–H groups in total. The fourth-order valence-corrected chi connectivity index (χ4v) is 2.52. The molecule has 1 aromatic carbocycles. The summed E-state index contributed by atoms with van der Waals surface area (Å²) in [5.41, 5.74) is 0.947. The van der Waals surface area contributed by atoms with Crippen molar-refractivity contribution < 1.29 is 18.9 Å². The van der Waals surface area contributed by atoms with Crippen LogP contribution >= 0.6 is 0 Å². The zero-order valence-electron chi connectivity index (χ0n) is 9.63. The van der Waals surface area contributed by atoms with Gasteiger partial charge < -0.3 is 18.9 Å². The molecule has 0 radical (unpaired) electrons. The summed E-state index contributed by atoms with van der Waals surface area (Å²) in [4.78, 5) is 0. The van der Waals surface area contributed by atoms with E-state index in [1.165, 1.54) is 0 Å². The summed E-state index contributed by atoms with van der Waals surface area (Å²) in [6, 6.07) is 10.2. The van der Waals surface area contributed by atoms with Crippen LogP contribution in [0.25, 0.3) is 0 Å². The first-order chi connectivity index (χ1) is 8.41. The third-order valence-corrected chi connectivity index (χ3v) is 3.31. The first kappa shape index (κ1) is 11.2. The van der Waals surface area contributed by atoms with Gasteiger partial charge in [0.2, 0.25) is 0 Å². The molecule has 1 spiro atoms. The van der Waals surface area contributed by atoms with Gasteiger partial charge in [-0.05, 0) is 5.56 Å². The fourth-order valence-electron chi connectivity index (χ4n) is 2.52. The van der Waals surface area contributed by atoms with Gasteiger partial charge in [-0.1, -0.05) is 30.3 Å². The summed E-state index contributed by atoms with van der Waals surface area (Å²) in [5.74, 6) is 0. The molecule has 0 amide bonds. The summed E-state index contributed by atoms with van der Waals surface area (Å²) >= 11 is 0. The summed E-state index contributed by atoms with van der Waals surface area (Å²) in [5, 5.41) is 0. The lowest BCUT2D eigenvalue weighted by Crippen LogP contribution is -2.49. The van der Waals surface area contributed by atoms with Crippen LogP contribution in [-0.4, -0.2) is 33.4 Å². The van der Waals surface area contributed by atoms with Gasteiger partial charge in [-0.15, -0.1) is 0 Å². The standard InChI is InChI=1S/C13H16O4/c1-2-4-11(5-3-1)12-13(8-16-10-17-12)6-14-9-15-7-13/h1-5,12H,6-10H2. The van der Waals surface area contributed by atoms with Crippen LogP contribution in [0.15, 0.2) is 30.3 Å². The molecule has 2 saturated heterocycles. The lowest BCUT2D eigenvalue weighted by molar-refractivity contribution is -0.279. The average Bonchev–Trinajstić information content (AvgIpc) is 2.41. The van der Waals surface area contributed by atoms with Gasteiger partial charge in [-0.3, -0.25) is 0 Å². The van der Waals surface area contributed by atoms with Crippen LogP contribution in [0.2, 0.25) is 0 Å². The van der Waals surface area contributed by atoms with Crippen molar-refractivity contribution in [3.05, 3.63) is 35.9 Å². The molecular formula is C13H16O4. The molecule has 2 aliphatic heterocycles. The number of hydrogen-bond donors (Lipinski definition) is 0. The lowest BCUT2D eigenvalue weighted by Gasteiger charge is -2.45. The van der Waals surface area contributed by atoms with Crippen molar-refractivity contribution in [3.63, 3.8) is 0 Å². The Hall–Kier alpha value is -0.940. The predicted molar refractivity (Wildman–Crippen MR) is 60.3 cm³/mol. The van der Waals surface area contributed by atoms with Crippen molar-refractivity contribution in [1.82, 2.24) is 0 Å². The Morgan fingerprint density at radius 3 is 2.24 bits per heavy atom. The zero-order valence-corrected chi connectivity index (χ0v) is 9.63. The van der Waals surface area contributed by atoms with E-state index in [0.29, 0.717) is 33.4 Å². The van der Waals surface area contributed by atoms with Crippen molar-refractivity contribution in [2.45, 2.75) is 6.10 Å². The van der Waals surface area contributed by atoms with E-state index >= 15 is 0 Å². The van der Waals surface area contributed by atoms with Crippen molar-refractivity contribution in [3.8, 4) is 0 Å². The molecule has 0 bridgehead atoms. The average molecular weight is 236 g/mol. The van der Waals surface area contributed by atoms with Gasteiger partial charge in [0.05, 0.1) is 31.3 Å². The van der Waals surface area contributed by atoms with Crippen molar-refractivity contribution in [2.24, 2.45) is 5.41 Å². The molecule has 17 heavy (non-hydrogen) atoms. The molecule has 2 heterocycles. The monoisotopic (exact) mass is 236 g/mol. The fraction of sp³-hybridized carbons (Fsp3) is 0.538. The smallest absolute Gasteiger partial charge is 0.147 e. The Kier molecular flexibility index (Phi) is 3.11. The van der Waals surface area contributed by atoms with E-state index < -0.39 is 0 Å². The van der Waals surface area contributed by atoms with E-state index in [1.807, 2.05) is 18.2 Å². The first-order valence-electron chi connectivity index (χ1n) is 5.81. The van der Waals surface area contributed by atoms with Crippen LogP contribution in [0.5, 0.6) is 0 Å². The molecule has 1 atom stereocenters. The Labute approximate surface area is 100 Å². The van der Waals surface area contributed by atoms with Gasteiger partial charge in [0.15, 0.2) is 0 Å². The van der Waals surface area contributed by atoms with E-state index in [1.54, 1.807) is 0 Å². The van der Waals surface area contributed by atoms with E-state index in [4.69, 9.17) is 18.9 Å². The zero-order chi connectivity index (χ0) is 11.6. The normalized spacial score (nSPS) is 28.1. The first-order valence-corrected chi connectivity index (χ1v) is 5.81. The number of benzene rings is 1. The van der Waals surface area contributed by atoms with Crippen LogP contribution < -0.4 is 0 Å². The number of rotatable bonds is 1. The van der Waals surface area contributed by atoms with Gasteiger partial charge in [0.25, 0.3) is 0 Å². The molecule has 4 heteroatoms. The number of ether oxygens (including phenoxy) is 4. The molecule has 4 nitrogen and oxygen atoms in total. The molecule has 1 unspecified atom stereocenters. The van der Waals surface area contributed by atoms with Crippen molar-refractivity contribution in [1.29, 1.82) is 0 Å². The van der Waals surface area contributed by atoms with Gasteiger partial charge in [-0.25, -0.2) is 0 Å². The van der Waals surface area contributed by atoms with E-state index in [9.17, 15) is 0 Å². The third kappa shape index (κ3) is 2.09. The highest BCUT2D eigenvalue weighted by Gasteiger charge is 2.46. The maximum Gasteiger partial charge on any atom is 0.147 e. The van der Waals surface area contributed by atoms with Crippen LogP contribution in [0, 0.1) is 5.41 Å². The molecule has 3 rings (SSSR count). The van der Waals surface area contributed by atoms with Crippen LogP contribution in [0.3, 0.4) is 0 Å². The summed E-state index contributed by atoms with van der Waals surface area (Å²) in [7, 11) is 0. The van der Waals surface area contributed by atoms with E-state index in [2.05, 4.69) is 12.1 Å². The Morgan fingerprint density at radius 1 is 0.882 bits per heavy atom. The second kappa shape index (κ2) is 4.74. The second-order valence-electron chi connectivity index (χ2n) is 4.60. The van der Waals surface area contributed by atoms with Crippen LogP contribution in [0.1, 0.15) is 11.7 Å². The molecule has 2 fully saturated rings. The number of hydrogen-bond acceptors (Lipinski definition) is 4. The topological polar surface area (TPSA) is 36.9 Å². The van der Waals surface area contributed by atoms with Crippen molar-refractivity contribution >= 4 is 0 Å². The highest BCUT2D eigenvalue weighted by Crippen LogP contribution is 2.42. The van der Waals surface area contributed by atoms with Crippen molar-refractivity contribution in [2.75, 3.05) is 33.4 Å². The van der Waals surface area contributed by atoms with E-state index in [0.717, 1.165) is 5.56 Å². The second-order valence-corrected chi connectivity index (χ2v) is 4.60. The highest BCUT2D eigenvalue weighted by molar-refractivity contribution is 5.21. The molecule has 0 aliphatic carbocycles. The van der Waals surface area contributed by atoms with Gasteiger partial charge in [0, 0.05) is 0 Å². The largest absolute Gasteiger partial charge is 0.355 e. The molecule has 0 saturated carbocycles. The summed E-state index contributed by atoms with van der Waals surface area (Å²) in [6.45, 7) is 2.55. The molecular weight excluding hydrogens is 220 g/mol. The maximum absolute atomic E-state index is 5.78. The molecule has 0 aromatic heterocycles. The lowest BCUT2D eigenvalue weighted by atomic mass is 9.80. The highest BCUT2D eigenvalue weighted by atomic mass is 16.7. The minimum atomic E-state index is -0.210. The minimum Gasteiger partial charge on any atom is -0.355 e. The molecule has 1 aromatic rings. The minimum absolute atomic E-state index is 0.0160. The quantitative estimate of drug-likeness (QED) is 0.744. The maximum atomic E-state index is 5.78. The van der Waals surface area contributed by atoms with Crippen LogP contribution in [0.4, 0.5) is 0 Å². The van der Waals surface area contributed by atoms with Gasteiger partial charge >= 0.3 is 0 Å². The van der Waals surface area contributed by atoms with Gasteiger partial charge in [0.1, 0.15) is 13.6 Å². The van der Waals surface area contributed by atoms with Gasteiger partial charge in [-0.2, -0.15) is 0 Å². The SMILES string of the molecule is c1ccc(C2OCOCC23COCOC3)cc1. The molecule has 92 valence electrons. The Bertz CT molecular complexity index is 351. The summed E-state index contributed by atoms with van der Waals surface area (Å²) < 4.78 is 22.1. The van der Waals surface area contributed by atoms with E-state index in [-0.39, 0.29) is 11.5 Å². The Morgan fingerprint density at radius 2 is 1.53 bits per heavy atom. The van der Waals surface area contributed by atoms with Crippen LogP contribution in [-0.2, 0) is 18.9 Å². The third-order valence-electron chi connectivity index (χ3n) is 3.31.